The van der Waals surface area contributed by atoms with Gasteiger partial charge in [0.1, 0.15) is 6.04 Å². The maximum Gasteiger partial charge on any atom is 0.240 e. The van der Waals surface area contributed by atoms with E-state index in [2.05, 4.69) is 53.6 Å². The number of benzene rings is 1. The Morgan fingerprint density at radius 1 is 1.15 bits per heavy atom. The van der Waals surface area contributed by atoms with Gasteiger partial charge >= 0.3 is 0 Å². The number of nitrogens with one attached hydrogen (secondary N) is 2. The van der Waals surface area contributed by atoms with Gasteiger partial charge in [-0.2, -0.15) is 0 Å². The van der Waals surface area contributed by atoms with E-state index in [1.807, 2.05) is 6.92 Å². The summed E-state index contributed by atoms with van der Waals surface area (Å²) in [6.45, 7) is 12.0. The summed E-state index contributed by atoms with van der Waals surface area (Å²) in [5, 5.41) is 6.24. The lowest BCUT2D eigenvalue weighted by Crippen LogP contribution is -2.55. The second kappa shape index (κ2) is 8.98. The number of amides is 1. The fourth-order valence-electron chi connectivity index (χ4n) is 4.27. The Morgan fingerprint density at radius 2 is 1.81 bits per heavy atom. The molecule has 3 rings (SSSR count). The quantitative estimate of drug-likeness (QED) is 0.846. The van der Waals surface area contributed by atoms with Crippen molar-refractivity contribution in [1.82, 2.24) is 15.5 Å². The van der Waals surface area contributed by atoms with Crippen molar-refractivity contribution < 1.29 is 9.53 Å². The monoisotopic (exact) mass is 359 g/mol. The molecule has 0 saturated carbocycles. The van der Waals surface area contributed by atoms with E-state index >= 15 is 0 Å². The van der Waals surface area contributed by atoms with Gasteiger partial charge in [0, 0.05) is 32.7 Å². The molecular weight excluding hydrogens is 326 g/mol. The highest BCUT2D eigenvalue weighted by Crippen LogP contribution is 2.22. The van der Waals surface area contributed by atoms with Gasteiger partial charge < -0.3 is 15.4 Å². The largest absolute Gasteiger partial charge is 0.375 e. The van der Waals surface area contributed by atoms with Crippen molar-refractivity contribution in [2.75, 3.05) is 26.2 Å². The Kier molecular flexibility index (Phi) is 6.68. The first-order valence-corrected chi connectivity index (χ1v) is 9.94. The smallest absolute Gasteiger partial charge is 0.240 e. The van der Waals surface area contributed by atoms with Gasteiger partial charge in [-0.05, 0) is 36.3 Å². The van der Waals surface area contributed by atoms with Crippen LogP contribution in [0.2, 0.25) is 0 Å². The summed E-state index contributed by atoms with van der Waals surface area (Å²) >= 11 is 0. The van der Waals surface area contributed by atoms with Gasteiger partial charge in [0.15, 0.2) is 0 Å². The summed E-state index contributed by atoms with van der Waals surface area (Å²) in [4.78, 5) is 14.9. The van der Waals surface area contributed by atoms with Crippen LogP contribution in [-0.4, -0.2) is 49.2 Å². The van der Waals surface area contributed by atoms with Crippen LogP contribution in [0.15, 0.2) is 24.3 Å². The number of morpholine rings is 1. The first kappa shape index (κ1) is 19.3. The van der Waals surface area contributed by atoms with Crippen LogP contribution in [-0.2, 0) is 22.6 Å². The van der Waals surface area contributed by atoms with Gasteiger partial charge in [0.05, 0.1) is 12.7 Å². The molecule has 5 heteroatoms. The number of hydrogen-bond donors (Lipinski definition) is 2. The molecule has 2 aliphatic rings. The molecule has 2 heterocycles. The zero-order valence-corrected chi connectivity index (χ0v) is 16.3. The molecule has 0 aromatic heterocycles. The molecule has 0 bridgehead atoms. The van der Waals surface area contributed by atoms with Crippen LogP contribution < -0.4 is 10.6 Å². The minimum Gasteiger partial charge on any atom is -0.375 e. The van der Waals surface area contributed by atoms with E-state index in [-0.39, 0.29) is 18.1 Å². The normalized spacial score (nSPS) is 30.1. The van der Waals surface area contributed by atoms with E-state index in [0.29, 0.717) is 13.2 Å². The predicted octanol–water partition coefficient (Wildman–Crippen LogP) is 2.16. The van der Waals surface area contributed by atoms with Crippen LogP contribution in [0.25, 0.3) is 0 Å². The average Bonchev–Trinajstić information content (AvgIpc) is 2.60. The van der Waals surface area contributed by atoms with Gasteiger partial charge in [0.25, 0.3) is 0 Å². The third kappa shape index (κ3) is 5.29. The van der Waals surface area contributed by atoms with Crippen molar-refractivity contribution in [3.05, 3.63) is 35.4 Å². The van der Waals surface area contributed by atoms with E-state index in [1.165, 1.54) is 25.1 Å². The molecule has 2 aliphatic heterocycles. The molecule has 26 heavy (non-hydrogen) atoms. The van der Waals surface area contributed by atoms with Crippen molar-refractivity contribution >= 4 is 5.91 Å². The fourth-order valence-corrected chi connectivity index (χ4v) is 4.27. The average molecular weight is 360 g/mol. The molecule has 4 atom stereocenters. The second-order valence-electron chi connectivity index (χ2n) is 8.18. The Hall–Kier alpha value is -1.43. The van der Waals surface area contributed by atoms with Gasteiger partial charge in [-0.15, -0.1) is 0 Å². The highest BCUT2D eigenvalue weighted by Gasteiger charge is 2.28. The first-order valence-electron chi connectivity index (χ1n) is 9.94. The Labute approximate surface area is 157 Å². The van der Waals surface area contributed by atoms with Crippen LogP contribution in [0, 0.1) is 11.8 Å². The lowest BCUT2D eigenvalue weighted by molar-refractivity contribution is -0.129. The van der Waals surface area contributed by atoms with E-state index in [9.17, 15) is 4.79 Å². The van der Waals surface area contributed by atoms with Crippen LogP contribution in [0.1, 0.15) is 38.3 Å². The first-order chi connectivity index (χ1) is 12.5. The van der Waals surface area contributed by atoms with Crippen molar-refractivity contribution in [2.45, 2.75) is 52.4 Å². The fraction of sp³-hybridized carbons (Fsp3) is 0.667. The number of rotatable bonds is 5. The van der Waals surface area contributed by atoms with Crippen LogP contribution >= 0.6 is 0 Å². The molecule has 0 spiro atoms. The third-order valence-corrected chi connectivity index (χ3v) is 5.44. The highest BCUT2D eigenvalue weighted by molar-refractivity contribution is 5.82. The molecule has 2 N–H and O–H groups in total. The number of nitrogens with zero attached hydrogens (tertiary/aromatic N) is 1. The number of ether oxygens (including phenoxy) is 1. The van der Waals surface area contributed by atoms with Crippen molar-refractivity contribution in [3.8, 4) is 0 Å². The molecule has 0 radical (unpaired) electrons. The topological polar surface area (TPSA) is 53.6 Å². The number of carbonyl (C=O) groups excluding carboxylic acids is 1. The summed E-state index contributed by atoms with van der Waals surface area (Å²) in [5.74, 6) is 1.58. The van der Waals surface area contributed by atoms with Gasteiger partial charge in [0.2, 0.25) is 5.91 Å². The molecule has 2 fully saturated rings. The molecule has 0 aliphatic carbocycles. The summed E-state index contributed by atoms with van der Waals surface area (Å²) < 4.78 is 5.54. The van der Waals surface area contributed by atoms with Gasteiger partial charge in [-0.25, -0.2) is 0 Å². The summed E-state index contributed by atoms with van der Waals surface area (Å²) in [6, 6.07) is 8.37. The summed E-state index contributed by atoms with van der Waals surface area (Å²) in [6.07, 6.45) is 1.26. The van der Waals surface area contributed by atoms with Crippen molar-refractivity contribution in [2.24, 2.45) is 11.8 Å². The van der Waals surface area contributed by atoms with Gasteiger partial charge in [-0.3, -0.25) is 9.69 Å². The lowest BCUT2D eigenvalue weighted by atomic mass is 9.91. The van der Waals surface area contributed by atoms with Crippen molar-refractivity contribution in [3.63, 3.8) is 0 Å². The lowest BCUT2D eigenvalue weighted by Gasteiger charge is -2.35. The van der Waals surface area contributed by atoms with E-state index in [0.717, 1.165) is 30.5 Å². The second-order valence-corrected chi connectivity index (χ2v) is 8.18. The Morgan fingerprint density at radius 3 is 2.46 bits per heavy atom. The molecule has 1 aromatic carbocycles. The van der Waals surface area contributed by atoms with E-state index < -0.39 is 0 Å². The maximum absolute atomic E-state index is 12.3. The zero-order chi connectivity index (χ0) is 18.5. The SMILES string of the molecule is CC1CC(C)CN(Cc2ccc(CNC(=O)[C@H]3NCCO[C@@H]3C)cc2)C1. The molecule has 1 aromatic rings. The summed E-state index contributed by atoms with van der Waals surface area (Å²) in [5.41, 5.74) is 2.48. The van der Waals surface area contributed by atoms with Gasteiger partial charge in [-0.1, -0.05) is 38.1 Å². The number of hydrogen-bond acceptors (Lipinski definition) is 4. The van der Waals surface area contributed by atoms with Crippen LogP contribution in [0.3, 0.4) is 0 Å². The predicted molar refractivity (Wildman–Crippen MR) is 104 cm³/mol. The molecule has 1 amide bonds. The molecular formula is C21H33N3O2. The van der Waals surface area contributed by atoms with E-state index in [4.69, 9.17) is 4.74 Å². The third-order valence-electron chi connectivity index (χ3n) is 5.44. The molecule has 2 saturated heterocycles. The van der Waals surface area contributed by atoms with Crippen molar-refractivity contribution in [1.29, 1.82) is 0 Å². The Bertz CT molecular complexity index is 579. The molecule has 144 valence electrons. The zero-order valence-electron chi connectivity index (χ0n) is 16.3. The number of carbonyl (C=O) groups is 1. The molecule has 5 nitrogen and oxygen atoms in total. The van der Waals surface area contributed by atoms with Crippen LogP contribution in [0.5, 0.6) is 0 Å². The van der Waals surface area contributed by atoms with E-state index in [1.54, 1.807) is 0 Å². The summed E-state index contributed by atoms with van der Waals surface area (Å²) in [7, 11) is 0. The molecule has 2 unspecified atom stereocenters. The maximum atomic E-state index is 12.3. The highest BCUT2D eigenvalue weighted by atomic mass is 16.5. The van der Waals surface area contributed by atoms with Crippen LogP contribution in [0.4, 0.5) is 0 Å². The number of likely N-dealkylation sites (tertiary alicyclic amines) is 1. The standard InChI is InChI=1S/C21H33N3O2/c1-15-10-16(2)13-24(12-15)14-19-6-4-18(5-7-19)11-23-21(25)20-17(3)26-9-8-22-20/h4-7,15-17,20,22H,8-14H2,1-3H3,(H,23,25)/t15?,16?,17-,20+/m1/s1. The minimum absolute atomic E-state index is 0.0116. The number of piperidine rings is 1. The minimum atomic E-state index is -0.258. The Balaban J connectivity index is 1.47.